The van der Waals surface area contributed by atoms with E-state index in [0.29, 0.717) is 0 Å². The highest BCUT2D eigenvalue weighted by atomic mass is 13.9. The maximum atomic E-state index is 5.15. The predicted octanol–water partition coefficient (Wildman–Crippen LogP) is 1.90. The molecule has 1 aliphatic carbocycles. The molecular formula is C8H8. The molecule has 1 aliphatic rings. The Hall–Kier alpha value is -0.960. The lowest BCUT2D eigenvalue weighted by Gasteiger charge is -1.97. The molecular weight excluding hydrogens is 96.1 g/mol. The lowest BCUT2D eigenvalue weighted by Crippen LogP contribution is -1.80. The van der Waals surface area contributed by atoms with E-state index in [1.54, 1.807) is 0 Å². The second-order valence-corrected chi connectivity index (χ2v) is 1.78. The Morgan fingerprint density at radius 2 is 2.38 bits per heavy atom. The molecule has 0 heteroatoms. The van der Waals surface area contributed by atoms with Gasteiger partial charge in [-0.25, -0.2) is 0 Å². The molecule has 0 saturated carbocycles. The molecule has 0 unspecified atom stereocenters. The summed E-state index contributed by atoms with van der Waals surface area (Å²) in [4.78, 5) is 0. The molecule has 1 rings (SSSR count). The van der Waals surface area contributed by atoms with Crippen LogP contribution in [0.25, 0.3) is 0 Å². The van der Waals surface area contributed by atoms with Crippen molar-refractivity contribution >= 4 is 0 Å². The molecule has 0 radical (unpaired) electrons. The van der Waals surface area contributed by atoms with Crippen LogP contribution < -0.4 is 0 Å². The van der Waals surface area contributed by atoms with Gasteiger partial charge in [-0.1, -0.05) is 24.1 Å². The summed E-state index contributed by atoms with van der Waals surface area (Å²) >= 11 is 0. The summed E-state index contributed by atoms with van der Waals surface area (Å²) in [6.07, 6.45) is 13.4. The topological polar surface area (TPSA) is 0 Å². The average Bonchev–Trinajstić information content (AvgIpc) is 1.90. The summed E-state index contributed by atoms with van der Waals surface area (Å²) in [6, 6.07) is 0. The molecule has 0 aromatic carbocycles. The fraction of sp³-hybridized carbons (Fsp3) is 0.250. The normalized spacial score (nSPS) is 17.1. The van der Waals surface area contributed by atoms with E-state index in [0.717, 1.165) is 18.4 Å². The van der Waals surface area contributed by atoms with Crippen molar-refractivity contribution < 1.29 is 0 Å². The minimum atomic E-state index is 0.955. The van der Waals surface area contributed by atoms with Crippen LogP contribution in [-0.2, 0) is 0 Å². The first-order valence-corrected chi connectivity index (χ1v) is 2.74. The summed E-state index contributed by atoms with van der Waals surface area (Å²) < 4.78 is 0. The number of hydrogen-bond acceptors (Lipinski definition) is 0. The lowest BCUT2D eigenvalue weighted by molar-refractivity contribution is 1.18. The van der Waals surface area contributed by atoms with E-state index in [1.165, 1.54) is 0 Å². The molecule has 0 aromatic heterocycles. The van der Waals surface area contributed by atoms with Crippen LogP contribution in [0.4, 0.5) is 0 Å². The Labute approximate surface area is 49.9 Å². The maximum Gasteiger partial charge on any atom is 0.00185 e. The van der Waals surface area contributed by atoms with Crippen LogP contribution in [0.2, 0.25) is 0 Å². The van der Waals surface area contributed by atoms with Crippen molar-refractivity contribution in [2.24, 2.45) is 0 Å². The van der Waals surface area contributed by atoms with Gasteiger partial charge < -0.3 is 0 Å². The highest BCUT2D eigenvalue weighted by Gasteiger charge is 1.90. The van der Waals surface area contributed by atoms with Crippen LogP contribution >= 0.6 is 0 Å². The molecule has 0 bridgehead atoms. The monoisotopic (exact) mass is 104 g/mol. The van der Waals surface area contributed by atoms with Gasteiger partial charge in [0.2, 0.25) is 0 Å². The summed E-state index contributed by atoms with van der Waals surface area (Å²) in [5.41, 5.74) is 1.12. The van der Waals surface area contributed by atoms with Gasteiger partial charge in [0.25, 0.3) is 0 Å². The van der Waals surface area contributed by atoms with Crippen molar-refractivity contribution in [2.45, 2.75) is 12.8 Å². The smallest absolute Gasteiger partial charge is 0.00185 e. The quantitative estimate of drug-likeness (QED) is 0.325. The second-order valence-electron chi connectivity index (χ2n) is 1.78. The molecule has 0 atom stereocenters. The molecule has 0 spiro atoms. The predicted molar refractivity (Wildman–Crippen MR) is 35.3 cm³/mol. The van der Waals surface area contributed by atoms with Crippen LogP contribution in [0.1, 0.15) is 12.8 Å². The minimum absolute atomic E-state index is 0.955. The van der Waals surface area contributed by atoms with Gasteiger partial charge in [-0.05, 0) is 12.8 Å². The van der Waals surface area contributed by atoms with E-state index in [-0.39, 0.29) is 0 Å². The van der Waals surface area contributed by atoms with E-state index in [4.69, 9.17) is 6.42 Å². The van der Waals surface area contributed by atoms with Crippen LogP contribution in [0.3, 0.4) is 0 Å². The van der Waals surface area contributed by atoms with Crippen LogP contribution in [0, 0.1) is 12.3 Å². The first-order chi connectivity index (χ1) is 3.93. The summed E-state index contributed by atoms with van der Waals surface area (Å²) in [5, 5.41) is 0. The van der Waals surface area contributed by atoms with Crippen molar-refractivity contribution in [3.63, 3.8) is 0 Å². The third-order valence-corrected chi connectivity index (χ3v) is 1.19. The molecule has 0 nitrogen and oxygen atoms in total. The third kappa shape index (κ3) is 1.01. The maximum absolute atomic E-state index is 5.15. The van der Waals surface area contributed by atoms with E-state index in [1.807, 2.05) is 0 Å². The van der Waals surface area contributed by atoms with Gasteiger partial charge in [0, 0.05) is 5.57 Å². The van der Waals surface area contributed by atoms with E-state index < -0.39 is 0 Å². The van der Waals surface area contributed by atoms with Gasteiger partial charge in [-0.3, -0.25) is 0 Å². The van der Waals surface area contributed by atoms with Crippen molar-refractivity contribution in [2.75, 3.05) is 0 Å². The summed E-state index contributed by atoms with van der Waals surface area (Å²) in [5.74, 6) is 2.61. The van der Waals surface area contributed by atoms with Gasteiger partial charge >= 0.3 is 0 Å². The van der Waals surface area contributed by atoms with Crippen molar-refractivity contribution in [1.82, 2.24) is 0 Å². The Kier molecular flexibility index (Phi) is 1.54. The second kappa shape index (κ2) is 2.37. The van der Waals surface area contributed by atoms with Crippen molar-refractivity contribution in [3.05, 3.63) is 23.8 Å². The number of rotatable bonds is 0. The Morgan fingerprint density at radius 3 is 2.75 bits per heavy atom. The Bertz CT molecular complexity index is 165. The van der Waals surface area contributed by atoms with Crippen LogP contribution in [0.15, 0.2) is 23.8 Å². The standard InChI is InChI=1S/C8H8/c1-2-8-6-4-3-5-7-8/h1,3-4,7H,5-6H2. The zero-order chi connectivity index (χ0) is 5.82. The van der Waals surface area contributed by atoms with Crippen molar-refractivity contribution in [1.29, 1.82) is 0 Å². The van der Waals surface area contributed by atoms with Crippen LogP contribution in [-0.4, -0.2) is 0 Å². The molecule has 0 aliphatic heterocycles. The summed E-state index contributed by atoms with van der Waals surface area (Å²) in [7, 11) is 0. The van der Waals surface area contributed by atoms with Crippen LogP contribution in [0.5, 0.6) is 0 Å². The number of hydrogen-bond donors (Lipinski definition) is 0. The number of terminal acetylenes is 1. The van der Waals surface area contributed by atoms with E-state index >= 15 is 0 Å². The molecule has 0 heterocycles. The highest BCUT2D eigenvalue weighted by Crippen LogP contribution is 2.08. The fourth-order valence-electron chi connectivity index (χ4n) is 0.718. The zero-order valence-corrected chi connectivity index (χ0v) is 4.72. The Balaban J connectivity index is 2.59. The molecule has 40 valence electrons. The largest absolute Gasteiger partial charge is 0.115 e. The van der Waals surface area contributed by atoms with Gasteiger partial charge in [0.05, 0.1) is 0 Å². The first-order valence-electron chi connectivity index (χ1n) is 2.74. The lowest BCUT2D eigenvalue weighted by atomic mass is 10.1. The van der Waals surface area contributed by atoms with E-state index in [9.17, 15) is 0 Å². The van der Waals surface area contributed by atoms with Gasteiger partial charge in [-0.2, -0.15) is 0 Å². The van der Waals surface area contributed by atoms with E-state index in [2.05, 4.69) is 24.1 Å². The van der Waals surface area contributed by atoms with Gasteiger partial charge in [-0.15, -0.1) is 6.42 Å². The first kappa shape index (κ1) is 5.18. The number of allylic oxidation sites excluding steroid dienone is 4. The average molecular weight is 104 g/mol. The fourth-order valence-corrected chi connectivity index (χ4v) is 0.718. The minimum Gasteiger partial charge on any atom is -0.115 e. The molecule has 0 N–H and O–H groups in total. The highest BCUT2D eigenvalue weighted by molar-refractivity contribution is 5.30. The third-order valence-electron chi connectivity index (χ3n) is 1.19. The van der Waals surface area contributed by atoms with Crippen molar-refractivity contribution in [3.8, 4) is 12.3 Å². The zero-order valence-electron chi connectivity index (χ0n) is 4.72. The molecule has 0 amide bonds. The Morgan fingerprint density at radius 1 is 1.50 bits per heavy atom. The molecule has 0 fully saturated rings. The SMILES string of the molecule is C#CC1=CCC=CC1. The van der Waals surface area contributed by atoms with Gasteiger partial charge in [0.15, 0.2) is 0 Å². The summed E-state index contributed by atoms with van der Waals surface area (Å²) in [6.45, 7) is 0. The molecule has 0 saturated heterocycles. The van der Waals surface area contributed by atoms with Gasteiger partial charge in [0.1, 0.15) is 0 Å². The molecule has 8 heavy (non-hydrogen) atoms. The molecule has 0 aromatic rings.